The molecular formula is C5H19IN6O. The van der Waals surface area contributed by atoms with Gasteiger partial charge in [0.1, 0.15) is 0 Å². The Hall–Kier alpha value is -0.320. The van der Waals surface area contributed by atoms with Gasteiger partial charge in [-0.15, -0.1) is 29.1 Å². The van der Waals surface area contributed by atoms with Gasteiger partial charge in [-0.3, -0.25) is 11.7 Å². The smallest absolute Gasteiger partial charge is 0.213 e. The molecule has 0 atom stereocenters. The number of nitrogens with zero attached hydrogens (tertiary/aromatic N) is 1. The molecule has 1 heterocycles. The van der Waals surface area contributed by atoms with Crippen molar-refractivity contribution in [3.8, 4) is 0 Å². The number of hydrazine groups is 1. The molecule has 1 saturated heterocycles. The fourth-order valence-electron chi connectivity index (χ4n) is 0.817. The lowest BCUT2D eigenvalue weighted by molar-refractivity contribution is 0.742. The van der Waals surface area contributed by atoms with Gasteiger partial charge < -0.3 is 22.0 Å². The first kappa shape index (κ1) is 18.5. The molecule has 82 valence electrons. The van der Waals surface area contributed by atoms with Crippen molar-refractivity contribution in [3.05, 3.63) is 0 Å². The lowest BCUT2D eigenvalue weighted by atomic mass is 10.3. The average molecular weight is 306 g/mol. The van der Waals surface area contributed by atoms with Crippen LogP contribution in [0.4, 0.5) is 0 Å². The molecule has 1 aliphatic heterocycles. The van der Waals surface area contributed by atoms with Crippen LogP contribution in [0.5, 0.6) is 0 Å². The van der Waals surface area contributed by atoms with Gasteiger partial charge in [0.25, 0.3) is 0 Å². The van der Waals surface area contributed by atoms with E-state index >= 15 is 0 Å². The third kappa shape index (κ3) is 9.60. The third-order valence-corrected chi connectivity index (χ3v) is 1.32. The standard InChI is InChI=1S/C5H12N4.HI.H4N2.H2O/c6-9-5-7-3-1-2-4-8-5;;1-2;/h1-4,6H2,(H2,7,8,9);1H;1-2H2;1H2. The molecule has 0 saturated carbocycles. The minimum absolute atomic E-state index is 0. The highest BCUT2D eigenvalue weighted by Gasteiger charge is 2.00. The van der Waals surface area contributed by atoms with E-state index in [0.717, 1.165) is 13.1 Å². The van der Waals surface area contributed by atoms with Crippen molar-refractivity contribution in [2.24, 2.45) is 22.6 Å². The zero-order valence-corrected chi connectivity index (χ0v) is 9.75. The number of rotatable bonds is 0. The Morgan fingerprint density at radius 1 is 1.08 bits per heavy atom. The Labute approximate surface area is 94.8 Å². The number of halogens is 1. The largest absolute Gasteiger partial charge is 0.412 e. The SMILES string of the molecule is I.NN.NN=C1NCCCCN1.O. The van der Waals surface area contributed by atoms with Crippen LogP contribution in [0.3, 0.4) is 0 Å². The molecule has 13 heavy (non-hydrogen) atoms. The van der Waals surface area contributed by atoms with Crippen LogP contribution >= 0.6 is 24.0 Å². The summed E-state index contributed by atoms with van der Waals surface area (Å²) < 4.78 is 0. The Balaban J connectivity index is -0.000000234. The van der Waals surface area contributed by atoms with E-state index in [1.807, 2.05) is 0 Å². The summed E-state index contributed by atoms with van der Waals surface area (Å²) in [6, 6.07) is 0. The number of nitrogens with two attached hydrogens (primary N) is 3. The van der Waals surface area contributed by atoms with Crippen LogP contribution in [-0.4, -0.2) is 24.5 Å². The molecule has 0 amide bonds. The first-order valence-corrected chi connectivity index (χ1v) is 3.52. The minimum Gasteiger partial charge on any atom is -0.412 e. The van der Waals surface area contributed by atoms with E-state index in [1.165, 1.54) is 12.8 Å². The summed E-state index contributed by atoms with van der Waals surface area (Å²) in [5, 5.41) is 9.59. The van der Waals surface area contributed by atoms with Crippen molar-refractivity contribution in [1.82, 2.24) is 10.6 Å². The maximum atomic E-state index is 5.04. The van der Waals surface area contributed by atoms with Gasteiger partial charge >= 0.3 is 0 Å². The van der Waals surface area contributed by atoms with Crippen LogP contribution in [0.25, 0.3) is 0 Å². The minimum atomic E-state index is 0. The molecule has 8 heteroatoms. The van der Waals surface area contributed by atoms with Crippen molar-refractivity contribution in [3.63, 3.8) is 0 Å². The van der Waals surface area contributed by atoms with Crippen LogP contribution < -0.4 is 28.2 Å². The van der Waals surface area contributed by atoms with Crippen molar-refractivity contribution in [2.75, 3.05) is 13.1 Å². The molecular weight excluding hydrogens is 287 g/mol. The highest BCUT2D eigenvalue weighted by molar-refractivity contribution is 14.0. The van der Waals surface area contributed by atoms with Gasteiger partial charge in [0.05, 0.1) is 0 Å². The molecule has 0 bridgehead atoms. The lowest BCUT2D eigenvalue weighted by Gasteiger charge is -2.02. The monoisotopic (exact) mass is 306 g/mol. The zero-order valence-electron chi connectivity index (χ0n) is 7.42. The number of hydrazone groups is 1. The van der Waals surface area contributed by atoms with Crippen LogP contribution in [0.2, 0.25) is 0 Å². The molecule has 0 aliphatic carbocycles. The van der Waals surface area contributed by atoms with E-state index in [1.54, 1.807) is 0 Å². The molecule has 1 fully saturated rings. The number of hydrogen-bond acceptors (Lipinski definition) is 4. The van der Waals surface area contributed by atoms with E-state index in [-0.39, 0.29) is 29.5 Å². The van der Waals surface area contributed by atoms with Crippen molar-refractivity contribution in [1.29, 1.82) is 0 Å². The van der Waals surface area contributed by atoms with Gasteiger partial charge in [0, 0.05) is 13.1 Å². The van der Waals surface area contributed by atoms with Crippen molar-refractivity contribution in [2.45, 2.75) is 12.8 Å². The van der Waals surface area contributed by atoms with Crippen molar-refractivity contribution < 1.29 is 5.48 Å². The fraction of sp³-hybridized carbons (Fsp3) is 0.800. The quantitative estimate of drug-likeness (QED) is 0.196. The van der Waals surface area contributed by atoms with Gasteiger partial charge in [-0.2, -0.15) is 0 Å². The Morgan fingerprint density at radius 3 is 1.77 bits per heavy atom. The number of guanidine groups is 1. The molecule has 1 aliphatic rings. The summed E-state index contributed by atoms with van der Waals surface area (Å²) in [5.41, 5.74) is 0. The molecule has 0 unspecified atom stereocenters. The number of nitrogens with one attached hydrogen (secondary N) is 2. The van der Waals surface area contributed by atoms with Crippen LogP contribution in [0, 0.1) is 0 Å². The summed E-state index contributed by atoms with van der Waals surface area (Å²) in [6.07, 6.45) is 2.37. The van der Waals surface area contributed by atoms with Gasteiger partial charge in [-0.1, -0.05) is 0 Å². The van der Waals surface area contributed by atoms with Crippen LogP contribution in [0.15, 0.2) is 5.10 Å². The third-order valence-electron chi connectivity index (χ3n) is 1.32. The van der Waals surface area contributed by atoms with E-state index in [2.05, 4.69) is 27.4 Å². The summed E-state index contributed by atoms with van der Waals surface area (Å²) in [4.78, 5) is 0. The van der Waals surface area contributed by atoms with Gasteiger partial charge in [0.15, 0.2) is 0 Å². The molecule has 0 aromatic heterocycles. The first-order chi connectivity index (χ1) is 5.43. The van der Waals surface area contributed by atoms with Crippen LogP contribution in [-0.2, 0) is 0 Å². The van der Waals surface area contributed by atoms with Gasteiger partial charge in [0.2, 0.25) is 5.96 Å². The summed E-state index contributed by atoms with van der Waals surface area (Å²) in [7, 11) is 0. The Bertz CT molecular complexity index is 112. The Kier molecular flexibility index (Phi) is 20.2. The van der Waals surface area contributed by atoms with Gasteiger partial charge in [-0.05, 0) is 12.8 Å². The highest BCUT2D eigenvalue weighted by atomic mass is 127. The van der Waals surface area contributed by atoms with E-state index in [0.29, 0.717) is 5.96 Å². The predicted molar refractivity (Wildman–Crippen MR) is 64.3 cm³/mol. The van der Waals surface area contributed by atoms with Crippen molar-refractivity contribution >= 4 is 29.9 Å². The second kappa shape index (κ2) is 14.2. The molecule has 0 radical (unpaired) electrons. The van der Waals surface area contributed by atoms with E-state index < -0.39 is 0 Å². The second-order valence-corrected chi connectivity index (χ2v) is 2.04. The average Bonchev–Trinajstić information content (AvgIpc) is 2.35. The first-order valence-electron chi connectivity index (χ1n) is 3.52. The maximum absolute atomic E-state index is 5.04. The second-order valence-electron chi connectivity index (χ2n) is 2.04. The van der Waals surface area contributed by atoms with Crippen LogP contribution in [0.1, 0.15) is 12.8 Å². The highest BCUT2D eigenvalue weighted by Crippen LogP contribution is 1.87. The zero-order chi connectivity index (χ0) is 8.53. The normalized spacial score (nSPS) is 13.8. The fourth-order valence-corrected chi connectivity index (χ4v) is 0.817. The lowest BCUT2D eigenvalue weighted by Crippen LogP contribution is -2.36. The molecule has 7 nitrogen and oxygen atoms in total. The predicted octanol–water partition coefficient (Wildman–Crippen LogP) is -2.20. The van der Waals surface area contributed by atoms with Gasteiger partial charge in [-0.25, -0.2) is 0 Å². The topological polar surface area (TPSA) is 146 Å². The number of hydrogen-bond donors (Lipinski definition) is 5. The molecule has 10 N–H and O–H groups in total. The molecule has 0 aromatic rings. The summed E-state index contributed by atoms with van der Waals surface area (Å²) in [5.74, 6) is 13.8. The summed E-state index contributed by atoms with van der Waals surface area (Å²) in [6.45, 7) is 1.95. The molecule has 0 spiro atoms. The summed E-state index contributed by atoms with van der Waals surface area (Å²) >= 11 is 0. The van der Waals surface area contributed by atoms with E-state index in [4.69, 9.17) is 5.84 Å². The molecule has 1 rings (SSSR count). The molecule has 0 aromatic carbocycles. The van der Waals surface area contributed by atoms with E-state index in [9.17, 15) is 0 Å². The maximum Gasteiger partial charge on any atom is 0.213 e. The Morgan fingerprint density at radius 2 is 1.46 bits per heavy atom.